The minimum atomic E-state index is -3.57. The molecule has 1 fully saturated rings. The van der Waals surface area contributed by atoms with Crippen molar-refractivity contribution < 1.29 is 22.0 Å². The highest BCUT2D eigenvalue weighted by atomic mass is 35.5. The molecule has 0 unspecified atom stereocenters. The lowest BCUT2D eigenvalue weighted by Crippen LogP contribution is -2.34. The van der Waals surface area contributed by atoms with E-state index in [4.69, 9.17) is 11.6 Å². The van der Waals surface area contributed by atoms with Crippen molar-refractivity contribution in [2.75, 3.05) is 18.8 Å². The van der Waals surface area contributed by atoms with Gasteiger partial charge in [0, 0.05) is 18.1 Å². The third kappa shape index (κ3) is 3.59. The van der Waals surface area contributed by atoms with E-state index in [1.54, 1.807) is 24.3 Å². The summed E-state index contributed by atoms with van der Waals surface area (Å²) in [6.07, 6.45) is 0.105. The normalized spacial score (nSPS) is 19.8. The van der Waals surface area contributed by atoms with Gasteiger partial charge in [0.05, 0.1) is 11.0 Å². The van der Waals surface area contributed by atoms with Crippen LogP contribution in [0.15, 0.2) is 42.5 Å². The van der Waals surface area contributed by atoms with Crippen molar-refractivity contribution in [2.24, 2.45) is 0 Å². The zero-order valence-corrected chi connectivity index (χ0v) is 15.2. The Labute approximate surface area is 155 Å². The molecular weight excluding hydrogens is 384 g/mol. The number of rotatable bonds is 2. The van der Waals surface area contributed by atoms with E-state index in [1.165, 1.54) is 11.0 Å². The van der Waals surface area contributed by atoms with Crippen LogP contribution >= 0.6 is 11.6 Å². The monoisotopic (exact) mass is 399 g/mol. The van der Waals surface area contributed by atoms with Crippen LogP contribution in [0.2, 0.25) is 5.02 Å². The van der Waals surface area contributed by atoms with Crippen molar-refractivity contribution in [3.05, 3.63) is 70.2 Å². The molecular formula is C18H16ClF2NO3S. The van der Waals surface area contributed by atoms with Crippen molar-refractivity contribution in [1.82, 2.24) is 4.90 Å². The van der Waals surface area contributed by atoms with Crippen LogP contribution in [0, 0.1) is 11.6 Å². The Kier molecular flexibility index (Phi) is 5.29. The highest BCUT2D eigenvalue weighted by Gasteiger charge is 2.35. The van der Waals surface area contributed by atoms with Crippen molar-refractivity contribution in [3.8, 4) is 0 Å². The number of carbonyl (C=O) groups is 1. The molecule has 1 aliphatic heterocycles. The van der Waals surface area contributed by atoms with Gasteiger partial charge < -0.3 is 4.90 Å². The Hall–Kier alpha value is -1.99. The van der Waals surface area contributed by atoms with Gasteiger partial charge in [-0.05, 0) is 30.2 Å². The van der Waals surface area contributed by atoms with Gasteiger partial charge in [0.15, 0.2) is 9.84 Å². The van der Waals surface area contributed by atoms with Crippen LogP contribution < -0.4 is 0 Å². The zero-order chi connectivity index (χ0) is 18.9. The third-order valence-electron chi connectivity index (χ3n) is 4.46. The number of halogens is 3. The number of hydrogen-bond donors (Lipinski definition) is 0. The van der Waals surface area contributed by atoms with Crippen LogP contribution in [-0.2, 0) is 9.84 Å². The Morgan fingerprint density at radius 2 is 1.69 bits per heavy atom. The molecule has 0 aliphatic carbocycles. The molecule has 0 aromatic heterocycles. The van der Waals surface area contributed by atoms with E-state index in [0.29, 0.717) is 10.6 Å². The fourth-order valence-electron chi connectivity index (χ4n) is 3.09. The molecule has 2 aromatic carbocycles. The van der Waals surface area contributed by atoms with E-state index in [2.05, 4.69) is 0 Å². The maximum absolute atomic E-state index is 13.9. The van der Waals surface area contributed by atoms with Gasteiger partial charge >= 0.3 is 0 Å². The fourth-order valence-corrected chi connectivity index (χ4v) is 5.24. The summed E-state index contributed by atoms with van der Waals surface area (Å²) in [6.45, 7) is -0.0718. The molecule has 4 nitrogen and oxygen atoms in total. The minimum Gasteiger partial charge on any atom is -0.337 e. The molecule has 0 bridgehead atoms. The summed E-state index contributed by atoms with van der Waals surface area (Å²) in [7, 11) is -3.57. The lowest BCUT2D eigenvalue weighted by molar-refractivity contribution is 0.0757. The van der Waals surface area contributed by atoms with Crippen LogP contribution in [0.25, 0.3) is 0 Å². The Morgan fingerprint density at radius 3 is 2.35 bits per heavy atom. The average Bonchev–Trinajstić information content (AvgIpc) is 2.73. The molecule has 1 aliphatic rings. The molecule has 2 aromatic rings. The second-order valence-electron chi connectivity index (χ2n) is 6.05. The predicted octanol–water partition coefficient (Wildman–Crippen LogP) is 3.62. The maximum atomic E-state index is 13.9. The third-order valence-corrected chi connectivity index (χ3v) is 6.91. The van der Waals surface area contributed by atoms with Gasteiger partial charge in [-0.25, -0.2) is 17.2 Å². The molecule has 26 heavy (non-hydrogen) atoms. The van der Waals surface area contributed by atoms with Crippen molar-refractivity contribution in [2.45, 2.75) is 11.7 Å². The molecule has 0 radical (unpaired) electrons. The van der Waals surface area contributed by atoms with Gasteiger partial charge in [-0.2, -0.15) is 0 Å². The first-order chi connectivity index (χ1) is 12.3. The lowest BCUT2D eigenvalue weighted by atomic mass is 10.1. The number of sulfone groups is 1. The highest BCUT2D eigenvalue weighted by Crippen LogP contribution is 2.34. The molecule has 0 spiro atoms. The first kappa shape index (κ1) is 18.8. The zero-order valence-electron chi connectivity index (χ0n) is 13.7. The van der Waals surface area contributed by atoms with Crippen LogP contribution in [0.1, 0.15) is 27.6 Å². The standard InChI is InChI=1S/C18H16ClF2NO3S/c19-13-5-2-1-4-12(13)16-8-9-22(10-11-26(16,24)25)18(23)17-14(20)6-3-7-15(17)21/h1-7,16H,8-11H2/t16-/m1/s1. The smallest absolute Gasteiger partial charge is 0.259 e. The highest BCUT2D eigenvalue weighted by molar-refractivity contribution is 7.91. The molecule has 0 saturated carbocycles. The second-order valence-corrected chi connectivity index (χ2v) is 8.76. The van der Waals surface area contributed by atoms with E-state index in [9.17, 15) is 22.0 Å². The predicted molar refractivity (Wildman–Crippen MR) is 94.9 cm³/mol. The molecule has 1 saturated heterocycles. The number of nitrogens with zero attached hydrogens (tertiary/aromatic N) is 1. The van der Waals surface area contributed by atoms with Crippen molar-refractivity contribution in [3.63, 3.8) is 0 Å². The summed E-state index contributed by atoms with van der Waals surface area (Å²) < 4.78 is 53.1. The Morgan fingerprint density at radius 1 is 1.04 bits per heavy atom. The average molecular weight is 400 g/mol. The van der Waals surface area contributed by atoms with E-state index in [1.807, 2.05) is 0 Å². The summed E-state index contributed by atoms with van der Waals surface area (Å²) >= 11 is 6.13. The minimum absolute atomic E-state index is 0.0573. The largest absolute Gasteiger partial charge is 0.337 e. The number of carbonyl (C=O) groups excluding carboxylic acids is 1. The van der Waals surface area contributed by atoms with Gasteiger partial charge in [-0.3, -0.25) is 4.79 Å². The summed E-state index contributed by atoms with van der Waals surface area (Å²) in [4.78, 5) is 13.7. The first-order valence-electron chi connectivity index (χ1n) is 8.00. The summed E-state index contributed by atoms with van der Waals surface area (Å²) in [5, 5.41) is -0.527. The number of benzene rings is 2. The first-order valence-corrected chi connectivity index (χ1v) is 10.1. The summed E-state index contributed by atoms with van der Waals surface area (Å²) in [5.41, 5.74) is -0.193. The van der Waals surface area contributed by atoms with Gasteiger partial charge in [0.1, 0.15) is 17.2 Å². The van der Waals surface area contributed by atoms with Crippen LogP contribution in [0.3, 0.4) is 0 Å². The Bertz CT molecular complexity index is 929. The van der Waals surface area contributed by atoms with Crippen LogP contribution in [-0.4, -0.2) is 38.1 Å². The molecule has 1 amide bonds. The van der Waals surface area contributed by atoms with Gasteiger partial charge in [0.2, 0.25) is 0 Å². The van der Waals surface area contributed by atoms with E-state index >= 15 is 0 Å². The molecule has 1 heterocycles. The van der Waals surface area contributed by atoms with E-state index < -0.39 is 38.2 Å². The number of amides is 1. The fraction of sp³-hybridized carbons (Fsp3) is 0.278. The van der Waals surface area contributed by atoms with Gasteiger partial charge in [0.25, 0.3) is 5.91 Å². The van der Waals surface area contributed by atoms with Crippen LogP contribution in [0.5, 0.6) is 0 Å². The molecule has 138 valence electrons. The molecule has 1 atom stereocenters. The van der Waals surface area contributed by atoms with Crippen molar-refractivity contribution >= 4 is 27.3 Å². The molecule has 0 N–H and O–H groups in total. The van der Waals surface area contributed by atoms with Crippen LogP contribution in [0.4, 0.5) is 8.78 Å². The van der Waals surface area contributed by atoms with Crippen molar-refractivity contribution in [1.29, 1.82) is 0 Å². The molecule has 3 rings (SSSR count). The summed E-state index contributed by atoms with van der Waals surface area (Å²) in [5.74, 6) is -3.09. The van der Waals surface area contributed by atoms with Gasteiger partial charge in [-0.1, -0.05) is 35.9 Å². The SMILES string of the molecule is O=C(c1c(F)cccc1F)N1CC[C@H](c2ccccc2Cl)S(=O)(=O)CC1. The summed E-state index contributed by atoms with van der Waals surface area (Å²) in [6, 6.07) is 9.80. The van der Waals surface area contributed by atoms with E-state index in [0.717, 1.165) is 12.1 Å². The topological polar surface area (TPSA) is 54.5 Å². The maximum Gasteiger partial charge on any atom is 0.259 e. The lowest BCUT2D eigenvalue weighted by Gasteiger charge is -2.20. The Balaban J connectivity index is 1.90. The van der Waals surface area contributed by atoms with E-state index in [-0.39, 0.29) is 25.3 Å². The molecule has 8 heteroatoms. The second kappa shape index (κ2) is 7.32. The quantitative estimate of drug-likeness (QED) is 0.775. The van der Waals surface area contributed by atoms with Gasteiger partial charge in [-0.15, -0.1) is 0 Å². The number of hydrogen-bond acceptors (Lipinski definition) is 3.